The molecule has 1 rings (SSSR count). The molecule has 88 valence electrons. The van der Waals surface area contributed by atoms with E-state index in [0.29, 0.717) is 11.4 Å². The maximum Gasteiger partial charge on any atom is 0.232 e. The van der Waals surface area contributed by atoms with E-state index in [0.717, 1.165) is 18.1 Å². The molecule has 0 bridgehead atoms. The highest BCUT2D eigenvalue weighted by Crippen LogP contribution is 2.21. The fraction of sp³-hybridized carbons (Fsp3) is 0.455. The van der Waals surface area contributed by atoms with Gasteiger partial charge in [0, 0.05) is 19.3 Å². The van der Waals surface area contributed by atoms with Crippen LogP contribution in [-0.4, -0.2) is 34.6 Å². The summed E-state index contributed by atoms with van der Waals surface area (Å²) >= 11 is 1.39. The van der Waals surface area contributed by atoms with E-state index in [-0.39, 0.29) is 5.91 Å². The summed E-state index contributed by atoms with van der Waals surface area (Å²) in [4.78, 5) is 17.7. The fourth-order valence-electron chi connectivity index (χ4n) is 1.32. The molecule has 0 aliphatic heterocycles. The van der Waals surface area contributed by atoms with Crippen LogP contribution in [0, 0.1) is 0 Å². The van der Waals surface area contributed by atoms with Crippen LogP contribution in [0.25, 0.3) is 0 Å². The number of nitrogen functional groups attached to an aromatic ring is 1. The average Bonchev–Trinajstić information content (AvgIpc) is 2.29. The average molecular weight is 239 g/mol. The van der Waals surface area contributed by atoms with Crippen molar-refractivity contribution in [1.82, 2.24) is 9.88 Å². The fourth-order valence-corrected chi connectivity index (χ4v) is 2.13. The largest absolute Gasteiger partial charge is 0.397 e. The number of hydrogen-bond donors (Lipinski definition) is 1. The Bertz CT molecular complexity index is 353. The molecule has 1 aromatic rings. The van der Waals surface area contributed by atoms with Crippen molar-refractivity contribution >= 4 is 23.4 Å². The van der Waals surface area contributed by atoms with Gasteiger partial charge in [0.15, 0.2) is 0 Å². The van der Waals surface area contributed by atoms with Crippen LogP contribution in [0.15, 0.2) is 23.4 Å². The molecular formula is C11H17N3OS. The van der Waals surface area contributed by atoms with Gasteiger partial charge in [-0.05, 0) is 26.0 Å². The molecule has 1 heterocycles. The van der Waals surface area contributed by atoms with Crippen LogP contribution in [0.5, 0.6) is 0 Å². The second-order valence-corrected chi connectivity index (χ2v) is 4.22. The molecule has 0 aromatic carbocycles. The SMILES string of the molecule is CCN(CC)C(=O)CSc1ncccc1N. The first kappa shape index (κ1) is 12.8. The second-order valence-electron chi connectivity index (χ2n) is 3.25. The molecule has 4 nitrogen and oxygen atoms in total. The van der Waals surface area contributed by atoms with Crippen LogP contribution in [-0.2, 0) is 4.79 Å². The number of thioether (sulfide) groups is 1. The molecule has 1 amide bonds. The van der Waals surface area contributed by atoms with Crippen LogP contribution in [0.1, 0.15) is 13.8 Å². The summed E-state index contributed by atoms with van der Waals surface area (Å²) in [6, 6.07) is 3.57. The zero-order valence-electron chi connectivity index (χ0n) is 9.64. The lowest BCUT2D eigenvalue weighted by Gasteiger charge is -2.18. The van der Waals surface area contributed by atoms with Crippen LogP contribution in [0.3, 0.4) is 0 Å². The summed E-state index contributed by atoms with van der Waals surface area (Å²) in [5.41, 5.74) is 6.36. The van der Waals surface area contributed by atoms with E-state index in [1.165, 1.54) is 11.8 Å². The van der Waals surface area contributed by atoms with Crippen molar-refractivity contribution in [2.24, 2.45) is 0 Å². The number of carbonyl (C=O) groups excluding carboxylic acids is 1. The summed E-state index contributed by atoms with van der Waals surface area (Å²) in [6.45, 7) is 5.43. The van der Waals surface area contributed by atoms with Crippen LogP contribution in [0.4, 0.5) is 5.69 Å². The van der Waals surface area contributed by atoms with Gasteiger partial charge in [-0.1, -0.05) is 11.8 Å². The Labute approximate surface area is 100 Å². The minimum atomic E-state index is 0.125. The highest BCUT2D eigenvalue weighted by molar-refractivity contribution is 8.00. The summed E-state index contributed by atoms with van der Waals surface area (Å²) in [6.07, 6.45) is 1.68. The van der Waals surface area contributed by atoms with E-state index < -0.39 is 0 Å². The lowest BCUT2D eigenvalue weighted by atomic mass is 10.4. The van der Waals surface area contributed by atoms with Gasteiger partial charge in [0.25, 0.3) is 0 Å². The van der Waals surface area contributed by atoms with E-state index in [9.17, 15) is 4.79 Å². The van der Waals surface area contributed by atoms with Gasteiger partial charge in [-0.2, -0.15) is 0 Å². The summed E-state index contributed by atoms with van der Waals surface area (Å²) in [7, 11) is 0. The molecule has 0 aliphatic rings. The number of anilines is 1. The summed E-state index contributed by atoms with van der Waals surface area (Å²) < 4.78 is 0. The number of hydrogen-bond acceptors (Lipinski definition) is 4. The van der Waals surface area contributed by atoms with Gasteiger partial charge in [0.05, 0.1) is 11.4 Å². The van der Waals surface area contributed by atoms with Gasteiger partial charge >= 0.3 is 0 Å². The minimum absolute atomic E-state index is 0.125. The summed E-state index contributed by atoms with van der Waals surface area (Å²) in [5.74, 6) is 0.517. The topological polar surface area (TPSA) is 59.2 Å². The number of rotatable bonds is 5. The van der Waals surface area contributed by atoms with Crippen LogP contribution >= 0.6 is 11.8 Å². The number of amides is 1. The molecule has 0 saturated carbocycles. The zero-order chi connectivity index (χ0) is 12.0. The quantitative estimate of drug-likeness (QED) is 0.793. The highest BCUT2D eigenvalue weighted by atomic mass is 32.2. The number of nitrogens with two attached hydrogens (primary N) is 1. The molecular weight excluding hydrogens is 222 g/mol. The zero-order valence-corrected chi connectivity index (χ0v) is 10.5. The highest BCUT2D eigenvalue weighted by Gasteiger charge is 2.11. The molecule has 0 aliphatic carbocycles. The first-order valence-electron chi connectivity index (χ1n) is 5.30. The van der Waals surface area contributed by atoms with Crippen molar-refractivity contribution < 1.29 is 4.79 Å². The molecule has 0 fully saturated rings. The van der Waals surface area contributed by atoms with E-state index in [1.807, 2.05) is 13.8 Å². The normalized spacial score (nSPS) is 10.1. The van der Waals surface area contributed by atoms with E-state index in [4.69, 9.17) is 5.73 Å². The molecule has 0 spiro atoms. The molecule has 0 saturated heterocycles. The van der Waals surface area contributed by atoms with Gasteiger partial charge in [0.2, 0.25) is 5.91 Å². The standard InChI is InChI=1S/C11H17N3OS/c1-3-14(4-2)10(15)8-16-11-9(12)6-5-7-13-11/h5-7H,3-4,8,12H2,1-2H3. The third kappa shape index (κ3) is 3.41. The minimum Gasteiger partial charge on any atom is -0.397 e. The summed E-state index contributed by atoms with van der Waals surface area (Å²) in [5, 5.41) is 0.725. The molecule has 5 heteroatoms. The predicted octanol–water partition coefficient (Wildman–Crippen LogP) is 1.62. The van der Waals surface area contributed by atoms with Crippen LogP contribution < -0.4 is 5.73 Å². The van der Waals surface area contributed by atoms with Crippen molar-refractivity contribution in [3.8, 4) is 0 Å². The molecule has 0 unspecified atom stereocenters. The van der Waals surface area contributed by atoms with Gasteiger partial charge in [-0.15, -0.1) is 0 Å². The van der Waals surface area contributed by atoms with Crippen LogP contribution in [0.2, 0.25) is 0 Å². The molecule has 16 heavy (non-hydrogen) atoms. The van der Waals surface area contributed by atoms with E-state index in [2.05, 4.69) is 4.98 Å². The molecule has 0 radical (unpaired) electrons. The Morgan fingerprint density at radius 3 is 2.75 bits per heavy atom. The van der Waals surface area contributed by atoms with E-state index >= 15 is 0 Å². The Morgan fingerprint density at radius 1 is 1.50 bits per heavy atom. The monoisotopic (exact) mass is 239 g/mol. The number of aromatic nitrogens is 1. The number of pyridine rings is 1. The Balaban J connectivity index is 2.52. The lowest BCUT2D eigenvalue weighted by molar-refractivity contribution is -0.127. The molecule has 0 atom stereocenters. The second kappa shape index (κ2) is 6.37. The van der Waals surface area contributed by atoms with Crippen molar-refractivity contribution in [1.29, 1.82) is 0 Å². The molecule has 1 aromatic heterocycles. The first-order chi connectivity index (χ1) is 7.69. The van der Waals surface area contributed by atoms with Crippen molar-refractivity contribution in [2.75, 3.05) is 24.6 Å². The first-order valence-corrected chi connectivity index (χ1v) is 6.28. The third-order valence-corrected chi connectivity index (χ3v) is 3.25. The maximum absolute atomic E-state index is 11.7. The molecule has 2 N–H and O–H groups in total. The smallest absolute Gasteiger partial charge is 0.232 e. The van der Waals surface area contributed by atoms with Gasteiger partial charge in [-0.25, -0.2) is 4.98 Å². The maximum atomic E-state index is 11.7. The Morgan fingerprint density at radius 2 is 2.19 bits per heavy atom. The number of nitrogens with zero attached hydrogens (tertiary/aromatic N) is 2. The van der Waals surface area contributed by atoms with Crippen molar-refractivity contribution in [3.05, 3.63) is 18.3 Å². The Kier molecular flexibility index (Phi) is 5.11. The van der Waals surface area contributed by atoms with Gasteiger partial charge in [-0.3, -0.25) is 4.79 Å². The van der Waals surface area contributed by atoms with E-state index in [1.54, 1.807) is 23.2 Å². The van der Waals surface area contributed by atoms with Crippen molar-refractivity contribution in [3.63, 3.8) is 0 Å². The lowest BCUT2D eigenvalue weighted by Crippen LogP contribution is -2.31. The predicted molar refractivity (Wildman–Crippen MR) is 67.3 cm³/mol. The van der Waals surface area contributed by atoms with Gasteiger partial charge < -0.3 is 10.6 Å². The third-order valence-electron chi connectivity index (χ3n) is 2.25. The van der Waals surface area contributed by atoms with Crippen molar-refractivity contribution in [2.45, 2.75) is 18.9 Å². The Hall–Kier alpha value is -1.23. The number of carbonyl (C=O) groups is 1. The van der Waals surface area contributed by atoms with Gasteiger partial charge in [0.1, 0.15) is 5.03 Å².